The number of hydrogen-bond acceptors (Lipinski definition) is 1. The lowest BCUT2D eigenvalue weighted by atomic mass is 9.88. The van der Waals surface area contributed by atoms with E-state index in [0.717, 1.165) is 11.1 Å². The average Bonchev–Trinajstić information content (AvgIpc) is 2.35. The summed E-state index contributed by atoms with van der Waals surface area (Å²) in [6.07, 6.45) is 0. The fraction of sp³-hybridized carbons (Fsp3) is 0.389. The van der Waals surface area contributed by atoms with Crippen LogP contribution in [-0.2, 0) is 0 Å². The molecule has 0 aromatic heterocycles. The van der Waals surface area contributed by atoms with Gasteiger partial charge in [-0.15, -0.1) is 0 Å². The molecule has 19 heavy (non-hydrogen) atoms. The van der Waals surface area contributed by atoms with Gasteiger partial charge in [0.05, 0.1) is 0 Å². The third-order valence-electron chi connectivity index (χ3n) is 3.71. The Bertz CT molecular complexity index is 621. The largest absolute Gasteiger partial charge is 0.295 e. The van der Waals surface area contributed by atoms with Gasteiger partial charge in [-0.1, -0.05) is 45.9 Å². The lowest BCUT2D eigenvalue weighted by Gasteiger charge is -2.16. The predicted octanol–water partition coefficient (Wildman–Crippen LogP) is 5.29. The van der Waals surface area contributed by atoms with Gasteiger partial charge in [-0.3, -0.25) is 4.79 Å². The highest BCUT2D eigenvalue weighted by molar-refractivity contribution is 6.01. The summed E-state index contributed by atoms with van der Waals surface area (Å²) in [5.41, 5.74) is 3.38. The highest BCUT2D eigenvalue weighted by Gasteiger charge is 2.14. The zero-order chi connectivity index (χ0) is 14.2. The van der Waals surface area contributed by atoms with Crippen LogP contribution < -0.4 is 0 Å². The quantitative estimate of drug-likeness (QED) is 0.680. The zero-order valence-corrected chi connectivity index (χ0v) is 12.4. The number of Topliss-reactive ketones (excluding diaryl/α,β-unsaturated/α-hetero) is 1. The van der Waals surface area contributed by atoms with Crippen LogP contribution in [0.1, 0.15) is 67.9 Å². The molecule has 2 rings (SSSR count). The normalized spacial score (nSPS) is 11.5. The lowest BCUT2D eigenvalue weighted by Crippen LogP contribution is -2.02. The topological polar surface area (TPSA) is 17.1 Å². The Morgan fingerprint density at radius 1 is 0.947 bits per heavy atom. The summed E-state index contributed by atoms with van der Waals surface area (Å²) in [4.78, 5) is 11.8. The van der Waals surface area contributed by atoms with Crippen molar-refractivity contribution in [2.75, 3.05) is 0 Å². The number of fused-ring (bicyclic) bond motifs is 1. The van der Waals surface area contributed by atoms with E-state index in [0.29, 0.717) is 11.8 Å². The number of carbonyl (C=O) groups is 1. The smallest absolute Gasteiger partial charge is 0.160 e. The van der Waals surface area contributed by atoms with Crippen LogP contribution in [0, 0.1) is 0 Å². The molecule has 0 saturated carbocycles. The first-order chi connectivity index (χ1) is 8.91. The summed E-state index contributed by atoms with van der Waals surface area (Å²) in [7, 11) is 0. The average molecular weight is 254 g/mol. The van der Waals surface area contributed by atoms with E-state index in [1.54, 1.807) is 6.92 Å². The van der Waals surface area contributed by atoms with Crippen LogP contribution in [-0.4, -0.2) is 5.78 Å². The van der Waals surface area contributed by atoms with Gasteiger partial charge in [0.2, 0.25) is 0 Å². The number of rotatable bonds is 3. The minimum absolute atomic E-state index is 0.153. The van der Waals surface area contributed by atoms with E-state index in [1.807, 2.05) is 0 Å². The van der Waals surface area contributed by atoms with Crippen molar-refractivity contribution in [1.82, 2.24) is 0 Å². The molecule has 0 saturated heterocycles. The Hall–Kier alpha value is -1.63. The summed E-state index contributed by atoms with van der Waals surface area (Å²) in [6.45, 7) is 10.4. The molecule has 1 nitrogen and oxygen atoms in total. The number of ketones is 1. The summed E-state index contributed by atoms with van der Waals surface area (Å²) in [5.74, 6) is 1.01. The summed E-state index contributed by atoms with van der Waals surface area (Å²) in [5, 5.41) is 2.45. The molecule has 0 amide bonds. The Kier molecular flexibility index (Phi) is 3.75. The van der Waals surface area contributed by atoms with Crippen LogP contribution in [0.3, 0.4) is 0 Å². The van der Waals surface area contributed by atoms with Crippen LogP contribution in [0.25, 0.3) is 10.8 Å². The maximum atomic E-state index is 11.8. The lowest BCUT2D eigenvalue weighted by molar-refractivity contribution is 0.101. The number of benzene rings is 2. The second-order valence-electron chi connectivity index (χ2n) is 5.87. The fourth-order valence-electron chi connectivity index (χ4n) is 2.65. The van der Waals surface area contributed by atoms with E-state index >= 15 is 0 Å². The van der Waals surface area contributed by atoms with Gasteiger partial charge in [0.25, 0.3) is 0 Å². The molecular formula is C18H22O. The minimum Gasteiger partial charge on any atom is -0.295 e. The van der Waals surface area contributed by atoms with E-state index in [1.165, 1.54) is 16.3 Å². The van der Waals surface area contributed by atoms with Crippen LogP contribution >= 0.6 is 0 Å². The molecule has 0 N–H and O–H groups in total. The Labute approximate surface area is 115 Å². The van der Waals surface area contributed by atoms with Crippen LogP contribution in [0.2, 0.25) is 0 Å². The molecule has 2 aromatic rings. The van der Waals surface area contributed by atoms with Crippen molar-refractivity contribution in [2.24, 2.45) is 0 Å². The molecule has 0 heterocycles. The molecule has 0 fully saturated rings. The van der Waals surface area contributed by atoms with Crippen molar-refractivity contribution < 1.29 is 4.79 Å². The van der Waals surface area contributed by atoms with Gasteiger partial charge < -0.3 is 0 Å². The first-order valence-corrected chi connectivity index (χ1v) is 6.99. The van der Waals surface area contributed by atoms with Gasteiger partial charge in [-0.05, 0) is 52.8 Å². The molecule has 0 unspecified atom stereocenters. The van der Waals surface area contributed by atoms with Crippen molar-refractivity contribution in [1.29, 1.82) is 0 Å². The summed E-state index contributed by atoms with van der Waals surface area (Å²) < 4.78 is 0. The second kappa shape index (κ2) is 5.16. The second-order valence-corrected chi connectivity index (χ2v) is 5.87. The first-order valence-electron chi connectivity index (χ1n) is 6.99. The molecule has 0 aliphatic carbocycles. The van der Waals surface area contributed by atoms with Crippen molar-refractivity contribution >= 4 is 16.6 Å². The van der Waals surface area contributed by atoms with Crippen LogP contribution in [0.4, 0.5) is 0 Å². The highest BCUT2D eigenvalue weighted by Crippen LogP contribution is 2.31. The zero-order valence-electron chi connectivity index (χ0n) is 12.4. The molecule has 0 aliphatic heterocycles. The molecule has 0 atom stereocenters. The van der Waals surface area contributed by atoms with E-state index in [2.05, 4.69) is 58.0 Å². The van der Waals surface area contributed by atoms with Crippen LogP contribution in [0.15, 0.2) is 30.3 Å². The van der Waals surface area contributed by atoms with Crippen LogP contribution in [0.5, 0.6) is 0 Å². The molecule has 100 valence electrons. The van der Waals surface area contributed by atoms with Crippen molar-refractivity contribution in [2.45, 2.75) is 46.5 Å². The molecule has 2 aromatic carbocycles. The van der Waals surface area contributed by atoms with Gasteiger partial charge in [-0.2, -0.15) is 0 Å². The molecule has 0 spiro atoms. The van der Waals surface area contributed by atoms with Gasteiger partial charge in [0.15, 0.2) is 5.78 Å². The maximum Gasteiger partial charge on any atom is 0.160 e. The SMILES string of the molecule is CC(=O)c1cc2cccc(C(C)C)c2cc1C(C)C. The van der Waals surface area contributed by atoms with Crippen molar-refractivity contribution in [3.63, 3.8) is 0 Å². The van der Waals surface area contributed by atoms with Gasteiger partial charge in [-0.25, -0.2) is 0 Å². The monoisotopic (exact) mass is 254 g/mol. The van der Waals surface area contributed by atoms with E-state index < -0.39 is 0 Å². The molecular weight excluding hydrogens is 232 g/mol. The van der Waals surface area contributed by atoms with Crippen molar-refractivity contribution in [3.05, 3.63) is 47.0 Å². The van der Waals surface area contributed by atoms with Gasteiger partial charge in [0, 0.05) is 5.56 Å². The molecule has 0 aliphatic rings. The number of hydrogen-bond donors (Lipinski definition) is 0. The summed E-state index contributed by atoms with van der Waals surface area (Å²) in [6, 6.07) is 10.6. The van der Waals surface area contributed by atoms with Crippen molar-refractivity contribution in [3.8, 4) is 0 Å². The minimum atomic E-state index is 0.153. The molecule has 0 bridgehead atoms. The maximum absolute atomic E-state index is 11.8. The first kappa shape index (κ1) is 13.8. The Morgan fingerprint density at radius 3 is 2.11 bits per heavy atom. The third kappa shape index (κ3) is 2.56. The van der Waals surface area contributed by atoms with E-state index in [9.17, 15) is 4.79 Å². The number of carbonyl (C=O) groups excluding carboxylic acids is 1. The van der Waals surface area contributed by atoms with E-state index in [4.69, 9.17) is 0 Å². The van der Waals surface area contributed by atoms with Gasteiger partial charge >= 0.3 is 0 Å². The van der Waals surface area contributed by atoms with E-state index in [-0.39, 0.29) is 5.78 Å². The summed E-state index contributed by atoms with van der Waals surface area (Å²) >= 11 is 0. The highest BCUT2D eigenvalue weighted by atomic mass is 16.1. The third-order valence-corrected chi connectivity index (χ3v) is 3.71. The predicted molar refractivity (Wildman–Crippen MR) is 82.1 cm³/mol. The molecule has 1 heteroatoms. The Balaban J connectivity index is 2.81. The standard InChI is InChI=1S/C18H22O/c1-11(2)15-8-6-7-14-9-17(13(5)19)16(12(3)4)10-18(14)15/h6-12H,1-5H3. The Morgan fingerprint density at radius 2 is 1.58 bits per heavy atom. The van der Waals surface area contributed by atoms with Gasteiger partial charge in [0.1, 0.15) is 0 Å². The fourth-order valence-corrected chi connectivity index (χ4v) is 2.65. The molecule has 0 radical (unpaired) electrons.